The largest absolute Gasteiger partial charge is 0.472 e. The molecule has 0 aliphatic carbocycles. The normalized spacial score (nSPS) is 10.5. The zero-order chi connectivity index (χ0) is 19.9. The van der Waals surface area contributed by atoms with E-state index < -0.39 is 6.67 Å². The van der Waals surface area contributed by atoms with E-state index >= 15 is 0 Å². The van der Waals surface area contributed by atoms with E-state index in [-0.39, 0.29) is 0 Å². The van der Waals surface area contributed by atoms with E-state index in [2.05, 4.69) is 16.8 Å². The van der Waals surface area contributed by atoms with Crippen LogP contribution in [0.4, 0.5) is 4.39 Å². The average Bonchev–Trinajstić information content (AvgIpc) is 3.13. The summed E-state index contributed by atoms with van der Waals surface area (Å²) < 4.78 is 20.8. The van der Waals surface area contributed by atoms with Gasteiger partial charge in [-0.2, -0.15) is 0 Å². The van der Waals surface area contributed by atoms with Crippen molar-refractivity contribution in [3.8, 4) is 17.7 Å². The molecule has 0 aliphatic rings. The van der Waals surface area contributed by atoms with Crippen molar-refractivity contribution in [2.24, 2.45) is 0 Å². The van der Waals surface area contributed by atoms with Crippen molar-refractivity contribution >= 4 is 5.65 Å². The summed E-state index contributed by atoms with van der Waals surface area (Å²) in [6, 6.07) is 21.1. The van der Waals surface area contributed by atoms with E-state index in [1.54, 1.807) is 18.2 Å². The Morgan fingerprint density at radius 2 is 1.79 bits per heavy atom. The van der Waals surface area contributed by atoms with Gasteiger partial charge in [-0.1, -0.05) is 48.4 Å². The maximum atomic E-state index is 12.7. The van der Waals surface area contributed by atoms with Gasteiger partial charge in [-0.25, -0.2) is 14.4 Å². The van der Waals surface area contributed by atoms with Gasteiger partial charge in [0, 0.05) is 19.0 Å². The topological polar surface area (TPSA) is 39.4 Å². The first-order chi connectivity index (χ1) is 14.3. The summed E-state index contributed by atoms with van der Waals surface area (Å²) in [5, 5.41) is 0. The summed E-state index contributed by atoms with van der Waals surface area (Å²) >= 11 is 0. The third kappa shape index (κ3) is 4.61. The van der Waals surface area contributed by atoms with Crippen molar-refractivity contribution in [2.45, 2.75) is 26.1 Å². The van der Waals surface area contributed by atoms with Crippen LogP contribution in [0.5, 0.6) is 5.88 Å². The second-order valence-corrected chi connectivity index (χ2v) is 6.52. The number of ether oxygens (including phenoxy) is 1. The molecule has 0 radical (unpaired) electrons. The Bertz CT molecular complexity index is 1160. The van der Waals surface area contributed by atoms with Crippen molar-refractivity contribution in [1.82, 2.24) is 14.4 Å². The summed E-state index contributed by atoms with van der Waals surface area (Å²) in [5.41, 5.74) is 3.79. The average molecular weight is 385 g/mol. The van der Waals surface area contributed by atoms with Gasteiger partial charge >= 0.3 is 0 Å². The Morgan fingerprint density at radius 1 is 0.931 bits per heavy atom. The Hall–Kier alpha value is -3.65. The van der Waals surface area contributed by atoms with Crippen LogP contribution in [0.2, 0.25) is 0 Å². The predicted octanol–water partition coefficient (Wildman–Crippen LogP) is 4.76. The molecule has 0 unspecified atom stereocenters. The fourth-order valence-corrected chi connectivity index (χ4v) is 3.02. The standard InChI is InChI=1S/C24H20FN3O/c25-17-21-13-8-12-20(26-21)11-4-5-14-22-24(28-16-7-6-15-23(28)27-22)29-18-19-9-2-1-3-10-19/h1-3,6-10,12-13,15-16H,5,14,17-18H2. The summed E-state index contributed by atoms with van der Waals surface area (Å²) in [6.45, 7) is -0.110. The van der Waals surface area contributed by atoms with E-state index in [1.165, 1.54) is 0 Å². The van der Waals surface area contributed by atoms with Crippen molar-refractivity contribution in [2.75, 3.05) is 0 Å². The van der Waals surface area contributed by atoms with Gasteiger partial charge in [-0.3, -0.25) is 4.40 Å². The number of pyridine rings is 2. The molecule has 144 valence electrons. The third-order valence-corrected chi connectivity index (χ3v) is 4.42. The molecule has 0 aliphatic heterocycles. The molecule has 3 heterocycles. The van der Waals surface area contributed by atoms with Gasteiger partial charge in [0.25, 0.3) is 0 Å². The molecule has 4 rings (SSSR count). The number of aromatic nitrogens is 3. The number of imidazole rings is 1. The summed E-state index contributed by atoms with van der Waals surface area (Å²) in [5.74, 6) is 6.84. The molecular weight excluding hydrogens is 365 g/mol. The van der Waals surface area contributed by atoms with Gasteiger partial charge in [-0.05, 0) is 35.7 Å². The van der Waals surface area contributed by atoms with E-state index in [1.807, 2.05) is 59.1 Å². The lowest BCUT2D eigenvalue weighted by atomic mass is 10.2. The SMILES string of the molecule is FCc1cccc(C#CCCc2nc3ccccn3c2OCc2ccccc2)n1. The first-order valence-electron chi connectivity index (χ1n) is 9.47. The molecule has 4 aromatic rings. The van der Waals surface area contributed by atoms with Gasteiger partial charge in [0.2, 0.25) is 5.88 Å². The molecule has 0 N–H and O–H groups in total. The first kappa shape index (κ1) is 18.7. The summed E-state index contributed by atoms with van der Waals surface area (Å²) in [4.78, 5) is 8.86. The molecule has 0 saturated carbocycles. The smallest absolute Gasteiger partial charge is 0.222 e. The Morgan fingerprint density at radius 3 is 2.66 bits per heavy atom. The molecule has 0 fully saturated rings. The number of fused-ring (bicyclic) bond motifs is 1. The number of aryl methyl sites for hydroxylation is 1. The lowest BCUT2D eigenvalue weighted by Crippen LogP contribution is -2.00. The van der Waals surface area contributed by atoms with E-state index in [0.717, 1.165) is 22.8 Å². The molecular formula is C24H20FN3O. The molecule has 0 spiro atoms. The molecule has 29 heavy (non-hydrogen) atoms. The van der Waals surface area contributed by atoms with Gasteiger partial charge in [0.15, 0.2) is 0 Å². The zero-order valence-corrected chi connectivity index (χ0v) is 15.9. The van der Waals surface area contributed by atoms with Crippen LogP contribution in [0.3, 0.4) is 0 Å². The van der Waals surface area contributed by atoms with Crippen LogP contribution in [-0.2, 0) is 19.7 Å². The monoisotopic (exact) mass is 385 g/mol. The van der Waals surface area contributed by atoms with Crippen LogP contribution in [0.15, 0.2) is 72.9 Å². The highest BCUT2D eigenvalue weighted by atomic mass is 19.1. The summed E-state index contributed by atoms with van der Waals surface area (Å²) in [6.07, 6.45) is 3.21. The van der Waals surface area contributed by atoms with Crippen molar-refractivity contribution in [3.05, 3.63) is 95.6 Å². The number of alkyl halides is 1. The number of rotatable bonds is 6. The first-order valence-corrected chi connectivity index (χ1v) is 9.47. The third-order valence-electron chi connectivity index (χ3n) is 4.42. The molecule has 4 nitrogen and oxygen atoms in total. The fraction of sp³-hybridized carbons (Fsp3) is 0.167. The van der Waals surface area contributed by atoms with Crippen LogP contribution in [0, 0.1) is 11.8 Å². The van der Waals surface area contributed by atoms with E-state index in [0.29, 0.717) is 30.8 Å². The van der Waals surface area contributed by atoms with Crippen LogP contribution in [0.1, 0.15) is 29.1 Å². The second kappa shape index (κ2) is 9.03. The molecule has 1 aromatic carbocycles. The Labute approximate surface area is 169 Å². The molecule has 0 amide bonds. The lowest BCUT2D eigenvalue weighted by molar-refractivity contribution is 0.288. The molecule has 0 atom stereocenters. The highest BCUT2D eigenvalue weighted by Gasteiger charge is 2.13. The van der Waals surface area contributed by atoms with Gasteiger partial charge < -0.3 is 4.74 Å². The van der Waals surface area contributed by atoms with Crippen LogP contribution >= 0.6 is 0 Å². The van der Waals surface area contributed by atoms with Crippen LogP contribution in [0.25, 0.3) is 5.65 Å². The predicted molar refractivity (Wildman–Crippen MR) is 110 cm³/mol. The number of hydrogen-bond acceptors (Lipinski definition) is 3. The molecule has 5 heteroatoms. The quantitative estimate of drug-likeness (QED) is 0.449. The Balaban J connectivity index is 1.50. The van der Waals surface area contributed by atoms with Gasteiger partial charge in [-0.15, -0.1) is 0 Å². The molecule has 3 aromatic heterocycles. The fourth-order valence-electron chi connectivity index (χ4n) is 3.02. The number of hydrogen-bond donors (Lipinski definition) is 0. The number of nitrogens with zero attached hydrogens (tertiary/aromatic N) is 3. The number of benzene rings is 1. The highest BCUT2D eigenvalue weighted by molar-refractivity contribution is 5.46. The van der Waals surface area contributed by atoms with Crippen molar-refractivity contribution in [1.29, 1.82) is 0 Å². The van der Waals surface area contributed by atoms with E-state index in [4.69, 9.17) is 9.72 Å². The number of halogens is 1. The van der Waals surface area contributed by atoms with Crippen LogP contribution < -0.4 is 4.74 Å². The maximum absolute atomic E-state index is 12.7. The van der Waals surface area contributed by atoms with Crippen LogP contribution in [-0.4, -0.2) is 14.4 Å². The maximum Gasteiger partial charge on any atom is 0.222 e. The van der Waals surface area contributed by atoms with E-state index in [9.17, 15) is 4.39 Å². The Kier molecular flexibility index (Phi) is 5.82. The minimum Gasteiger partial charge on any atom is -0.472 e. The minimum atomic E-state index is -0.584. The van der Waals surface area contributed by atoms with Crippen molar-refractivity contribution in [3.63, 3.8) is 0 Å². The second-order valence-electron chi connectivity index (χ2n) is 6.52. The minimum absolute atomic E-state index is 0.397. The molecule has 0 bridgehead atoms. The highest BCUT2D eigenvalue weighted by Crippen LogP contribution is 2.23. The lowest BCUT2D eigenvalue weighted by Gasteiger charge is -2.07. The van der Waals surface area contributed by atoms with Crippen molar-refractivity contribution < 1.29 is 9.13 Å². The molecule has 0 saturated heterocycles. The van der Waals surface area contributed by atoms with Gasteiger partial charge in [0.05, 0.1) is 5.69 Å². The van der Waals surface area contributed by atoms with Gasteiger partial charge in [0.1, 0.15) is 30.3 Å². The summed E-state index contributed by atoms with van der Waals surface area (Å²) in [7, 11) is 0. The zero-order valence-electron chi connectivity index (χ0n) is 15.9.